The van der Waals surface area contributed by atoms with Gasteiger partial charge in [-0.25, -0.2) is 4.79 Å². The molecule has 0 heterocycles. The van der Waals surface area contributed by atoms with E-state index in [9.17, 15) is 4.79 Å². The van der Waals surface area contributed by atoms with Crippen molar-refractivity contribution in [2.75, 3.05) is 6.61 Å². The van der Waals surface area contributed by atoms with Crippen molar-refractivity contribution in [2.45, 2.75) is 13.3 Å². The highest BCUT2D eigenvalue weighted by Crippen LogP contribution is 2.21. The van der Waals surface area contributed by atoms with Gasteiger partial charge >= 0.3 is 5.97 Å². The number of para-hydroxylation sites is 1. The zero-order valence-corrected chi connectivity index (χ0v) is 12.0. The van der Waals surface area contributed by atoms with Gasteiger partial charge in [0.1, 0.15) is 12.4 Å². The highest BCUT2D eigenvalue weighted by molar-refractivity contribution is 5.80. The van der Waals surface area contributed by atoms with Gasteiger partial charge in [-0.2, -0.15) is 0 Å². The fourth-order valence-corrected chi connectivity index (χ4v) is 2.05. The van der Waals surface area contributed by atoms with Gasteiger partial charge in [-0.15, -0.1) is 0 Å². The first-order valence-electron chi connectivity index (χ1n) is 6.80. The molecule has 2 aromatic rings. The summed E-state index contributed by atoms with van der Waals surface area (Å²) in [5, 5.41) is 8.70. The van der Waals surface area contributed by atoms with Crippen LogP contribution in [0.2, 0.25) is 0 Å². The van der Waals surface area contributed by atoms with Gasteiger partial charge in [-0.05, 0) is 29.7 Å². The lowest BCUT2D eigenvalue weighted by Crippen LogP contribution is -2.03. The zero-order chi connectivity index (χ0) is 15.1. The summed E-state index contributed by atoms with van der Waals surface area (Å²) >= 11 is 0. The maximum atomic E-state index is 10.6. The van der Waals surface area contributed by atoms with Gasteiger partial charge in [0.25, 0.3) is 0 Å². The Balaban J connectivity index is 2.08. The molecule has 0 aliphatic carbocycles. The molecule has 3 heteroatoms. The van der Waals surface area contributed by atoms with Gasteiger partial charge in [0, 0.05) is 12.5 Å². The van der Waals surface area contributed by atoms with E-state index >= 15 is 0 Å². The second kappa shape index (κ2) is 7.29. The van der Waals surface area contributed by atoms with Crippen molar-refractivity contribution in [2.24, 2.45) is 0 Å². The number of carboxylic acid groups (broad SMARTS) is 1. The Bertz CT molecular complexity index is 630. The fourth-order valence-electron chi connectivity index (χ4n) is 2.05. The molecule has 21 heavy (non-hydrogen) atoms. The molecule has 0 aliphatic rings. The van der Waals surface area contributed by atoms with Crippen molar-refractivity contribution in [3.8, 4) is 5.75 Å². The van der Waals surface area contributed by atoms with Gasteiger partial charge in [-0.3, -0.25) is 0 Å². The predicted molar refractivity (Wildman–Crippen MR) is 82.6 cm³/mol. The third-order valence-electron chi connectivity index (χ3n) is 3.04. The number of hydrogen-bond acceptors (Lipinski definition) is 2. The Kier molecular flexibility index (Phi) is 5.16. The van der Waals surface area contributed by atoms with E-state index in [4.69, 9.17) is 9.84 Å². The lowest BCUT2D eigenvalue weighted by molar-refractivity contribution is -0.131. The molecule has 2 aromatic carbocycles. The molecule has 0 amide bonds. The number of hydrogen-bond donors (Lipinski definition) is 1. The molecule has 0 aliphatic heterocycles. The molecule has 0 atom stereocenters. The molecule has 2 rings (SSSR count). The average Bonchev–Trinajstić information content (AvgIpc) is 2.47. The number of ether oxygens (including phenoxy) is 1. The highest BCUT2D eigenvalue weighted by atomic mass is 16.5. The van der Waals surface area contributed by atoms with E-state index in [0.717, 1.165) is 17.7 Å². The lowest BCUT2D eigenvalue weighted by Gasteiger charge is -2.11. The smallest absolute Gasteiger partial charge is 0.328 e. The van der Waals surface area contributed by atoms with Crippen molar-refractivity contribution >= 4 is 5.97 Å². The molecule has 108 valence electrons. The van der Waals surface area contributed by atoms with Crippen LogP contribution in [0, 0.1) is 0 Å². The van der Waals surface area contributed by atoms with Crippen molar-refractivity contribution in [1.29, 1.82) is 0 Å². The summed E-state index contributed by atoms with van der Waals surface area (Å²) in [6.07, 6.45) is 1.96. The SMILES string of the molecule is CC(=CC(=O)O)COc1ccccc1Cc1ccccc1. The molecule has 0 radical (unpaired) electrons. The minimum Gasteiger partial charge on any atom is -0.489 e. The van der Waals surface area contributed by atoms with Crippen LogP contribution in [0.5, 0.6) is 5.75 Å². The number of rotatable bonds is 6. The number of carboxylic acids is 1. The minimum atomic E-state index is -0.950. The topological polar surface area (TPSA) is 46.5 Å². The van der Waals surface area contributed by atoms with Gasteiger partial charge in [0.05, 0.1) is 0 Å². The van der Waals surface area contributed by atoms with Crippen LogP contribution in [0.1, 0.15) is 18.1 Å². The largest absolute Gasteiger partial charge is 0.489 e. The first kappa shape index (κ1) is 14.9. The van der Waals surface area contributed by atoms with E-state index in [0.29, 0.717) is 5.57 Å². The lowest BCUT2D eigenvalue weighted by atomic mass is 10.0. The molecular weight excluding hydrogens is 264 g/mol. The molecular formula is C18H18O3. The first-order valence-corrected chi connectivity index (χ1v) is 6.80. The Morgan fingerprint density at radius 1 is 1.10 bits per heavy atom. The van der Waals surface area contributed by atoms with E-state index in [2.05, 4.69) is 12.1 Å². The summed E-state index contributed by atoms with van der Waals surface area (Å²) in [5.74, 6) is -0.159. The van der Waals surface area contributed by atoms with Crippen LogP contribution < -0.4 is 4.74 Å². The second-order valence-corrected chi connectivity index (χ2v) is 4.89. The van der Waals surface area contributed by atoms with Crippen LogP contribution in [-0.4, -0.2) is 17.7 Å². The Morgan fingerprint density at radius 2 is 1.76 bits per heavy atom. The van der Waals surface area contributed by atoms with Crippen molar-refractivity contribution < 1.29 is 14.6 Å². The summed E-state index contributed by atoms with van der Waals surface area (Å²) in [5.41, 5.74) is 2.98. The molecule has 1 N–H and O–H groups in total. The zero-order valence-electron chi connectivity index (χ0n) is 12.0. The molecule has 0 unspecified atom stereocenters. The third-order valence-corrected chi connectivity index (χ3v) is 3.04. The van der Waals surface area contributed by atoms with E-state index in [1.54, 1.807) is 6.92 Å². The predicted octanol–water partition coefficient (Wildman–Crippen LogP) is 3.69. The van der Waals surface area contributed by atoms with Crippen molar-refractivity contribution in [1.82, 2.24) is 0 Å². The van der Waals surface area contributed by atoms with Gasteiger partial charge in [0.15, 0.2) is 0 Å². The van der Waals surface area contributed by atoms with Crippen LogP contribution in [0.15, 0.2) is 66.2 Å². The minimum absolute atomic E-state index is 0.276. The fraction of sp³-hybridized carbons (Fsp3) is 0.167. The van der Waals surface area contributed by atoms with Crippen LogP contribution in [-0.2, 0) is 11.2 Å². The summed E-state index contributed by atoms with van der Waals surface area (Å²) in [6, 6.07) is 18.0. The van der Waals surface area contributed by atoms with E-state index in [1.807, 2.05) is 42.5 Å². The van der Waals surface area contributed by atoms with Crippen LogP contribution in [0.4, 0.5) is 0 Å². The van der Waals surface area contributed by atoms with Gasteiger partial charge in [0.2, 0.25) is 0 Å². The Hall–Kier alpha value is -2.55. The first-order chi connectivity index (χ1) is 10.1. The van der Waals surface area contributed by atoms with E-state index in [-0.39, 0.29) is 6.61 Å². The molecule has 0 saturated carbocycles. The maximum Gasteiger partial charge on any atom is 0.328 e. The molecule has 3 nitrogen and oxygen atoms in total. The van der Waals surface area contributed by atoms with Gasteiger partial charge < -0.3 is 9.84 Å². The standard InChI is InChI=1S/C18H18O3/c1-14(11-18(19)20)13-21-17-10-6-5-9-16(17)12-15-7-3-2-4-8-15/h2-11H,12-13H2,1H3,(H,19,20). The van der Waals surface area contributed by atoms with E-state index < -0.39 is 5.97 Å². The third kappa shape index (κ3) is 4.80. The molecule has 0 bridgehead atoms. The summed E-state index contributed by atoms with van der Waals surface area (Å²) < 4.78 is 5.74. The maximum absolute atomic E-state index is 10.6. The summed E-state index contributed by atoms with van der Waals surface area (Å²) in [7, 11) is 0. The van der Waals surface area contributed by atoms with Crippen molar-refractivity contribution in [3.05, 3.63) is 77.4 Å². The molecule has 0 saturated heterocycles. The quantitative estimate of drug-likeness (QED) is 0.822. The Morgan fingerprint density at radius 3 is 2.48 bits per heavy atom. The summed E-state index contributed by atoms with van der Waals surface area (Å²) in [4.78, 5) is 10.6. The molecule has 0 aromatic heterocycles. The monoisotopic (exact) mass is 282 g/mol. The molecule has 0 spiro atoms. The van der Waals surface area contributed by atoms with E-state index in [1.165, 1.54) is 11.6 Å². The Labute approximate surface area is 124 Å². The van der Waals surface area contributed by atoms with Gasteiger partial charge in [-0.1, -0.05) is 48.5 Å². The second-order valence-electron chi connectivity index (χ2n) is 4.89. The van der Waals surface area contributed by atoms with Crippen LogP contribution in [0.25, 0.3) is 0 Å². The summed E-state index contributed by atoms with van der Waals surface area (Å²) in [6.45, 7) is 2.02. The average molecular weight is 282 g/mol. The van der Waals surface area contributed by atoms with Crippen LogP contribution >= 0.6 is 0 Å². The highest BCUT2D eigenvalue weighted by Gasteiger charge is 2.05. The molecule has 0 fully saturated rings. The number of benzene rings is 2. The number of aliphatic carboxylic acids is 1. The normalized spacial score (nSPS) is 11.2. The number of carbonyl (C=O) groups is 1. The van der Waals surface area contributed by atoms with Crippen LogP contribution in [0.3, 0.4) is 0 Å². The van der Waals surface area contributed by atoms with Crippen molar-refractivity contribution in [3.63, 3.8) is 0 Å².